The third-order valence-corrected chi connectivity index (χ3v) is 8.67. The molecule has 8 nitrogen and oxygen atoms in total. The second-order valence-corrected chi connectivity index (χ2v) is 11.3. The summed E-state index contributed by atoms with van der Waals surface area (Å²) in [4.78, 5) is 32.6. The zero-order valence-electron chi connectivity index (χ0n) is 19.2. The maximum Gasteiger partial charge on any atom is 0.350 e. The summed E-state index contributed by atoms with van der Waals surface area (Å²) in [5.74, 6) is -2.18. The molecule has 0 N–H and O–H groups in total. The highest BCUT2D eigenvalue weighted by molar-refractivity contribution is 7.91. The van der Waals surface area contributed by atoms with Crippen LogP contribution in [0.4, 0.5) is 14.6 Å². The fourth-order valence-electron chi connectivity index (χ4n) is 4.95. The summed E-state index contributed by atoms with van der Waals surface area (Å²) in [6, 6.07) is 3.99. The van der Waals surface area contributed by atoms with E-state index in [4.69, 9.17) is 11.6 Å². The van der Waals surface area contributed by atoms with Crippen LogP contribution in [0.5, 0.6) is 0 Å². The normalized spacial score (nSPS) is 18.9. The first-order chi connectivity index (χ1) is 17.0. The van der Waals surface area contributed by atoms with Crippen LogP contribution in [0.2, 0.25) is 5.02 Å². The highest BCUT2D eigenvalue weighted by Crippen LogP contribution is 2.44. The summed E-state index contributed by atoms with van der Waals surface area (Å²) in [7, 11) is -3.99. The molecular weight excluding hydrogens is 514 g/mol. The molecular formula is C24H21ClF2N4O4S. The van der Waals surface area contributed by atoms with E-state index < -0.39 is 32.9 Å². The molecule has 36 heavy (non-hydrogen) atoms. The number of hydrogen-bond acceptors (Lipinski definition) is 6. The van der Waals surface area contributed by atoms with Gasteiger partial charge in [0.05, 0.1) is 16.3 Å². The van der Waals surface area contributed by atoms with Gasteiger partial charge in [0.2, 0.25) is 5.91 Å². The molecule has 2 aliphatic rings. The molecule has 12 heteroatoms. The first-order valence-electron chi connectivity index (χ1n) is 11.2. The molecule has 0 aliphatic carbocycles. The lowest BCUT2D eigenvalue weighted by molar-refractivity contribution is -0.126. The quantitative estimate of drug-likeness (QED) is 0.480. The van der Waals surface area contributed by atoms with Crippen molar-refractivity contribution in [3.05, 3.63) is 64.1 Å². The number of carbonyl (C=O) groups excluding carboxylic acids is 1. The van der Waals surface area contributed by atoms with Gasteiger partial charge in [-0.2, -0.15) is 4.98 Å². The molecule has 1 saturated heterocycles. The fourth-order valence-corrected chi connectivity index (χ4v) is 6.98. The Morgan fingerprint density at radius 1 is 1.22 bits per heavy atom. The molecule has 1 aromatic heterocycles. The Labute approximate surface area is 210 Å². The van der Waals surface area contributed by atoms with Crippen molar-refractivity contribution in [2.75, 3.05) is 30.3 Å². The summed E-state index contributed by atoms with van der Waals surface area (Å²) in [5.41, 5.74) is -0.887. The van der Waals surface area contributed by atoms with Gasteiger partial charge in [0, 0.05) is 54.8 Å². The van der Waals surface area contributed by atoms with E-state index in [-0.39, 0.29) is 50.9 Å². The lowest BCUT2D eigenvalue weighted by Crippen LogP contribution is -2.54. The predicted octanol–water partition coefficient (Wildman–Crippen LogP) is 3.01. The van der Waals surface area contributed by atoms with Crippen molar-refractivity contribution in [1.29, 1.82) is 0 Å². The van der Waals surface area contributed by atoms with E-state index in [1.54, 1.807) is 4.90 Å². The fraction of sp³-hybridized carbons (Fsp3) is 0.292. The molecule has 0 bridgehead atoms. The van der Waals surface area contributed by atoms with E-state index in [1.165, 1.54) is 16.7 Å². The maximum atomic E-state index is 14.8. The SMILES string of the molecule is C=CC(=O)N1CCN(c2nc(=O)n3c4c(c(-c5ccc(F)cc5F)c(Cl)cc24)S(=O)(=O)CC3)[C@@H](C)C1. The van der Waals surface area contributed by atoms with E-state index >= 15 is 0 Å². The third-order valence-electron chi connectivity index (χ3n) is 6.63. The second-order valence-electron chi connectivity index (χ2n) is 8.80. The highest BCUT2D eigenvalue weighted by atomic mass is 35.5. The van der Waals surface area contributed by atoms with Crippen LogP contribution >= 0.6 is 11.6 Å². The van der Waals surface area contributed by atoms with E-state index in [2.05, 4.69) is 11.6 Å². The second kappa shape index (κ2) is 8.67. The number of benzene rings is 2. The first kappa shape index (κ1) is 24.4. The Balaban J connectivity index is 1.80. The van der Waals surface area contributed by atoms with Gasteiger partial charge in [0.15, 0.2) is 9.84 Å². The number of hydrogen-bond donors (Lipinski definition) is 0. The smallest absolute Gasteiger partial charge is 0.350 e. The van der Waals surface area contributed by atoms with Gasteiger partial charge in [0.1, 0.15) is 22.3 Å². The Morgan fingerprint density at radius 3 is 2.64 bits per heavy atom. The minimum atomic E-state index is -3.99. The van der Waals surface area contributed by atoms with Gasteiger partial charge in [-0.05, 0) is 31.2 Å². The lowest BCUT2D eigenvalue weighted by Gasteiger charge is -2.40. The molecule has 2 aromatic carbocycles. The molecule has 3 heterocycles. The summed E-state index contributed by atoms with van der Waals surface area (Å²) < 4.78 is 56.3. The number of aromatic nitrogens is 2. The number of rotatable bonds is 3. The van der Waals surface area contributed by atoms with Crippen molar-refractivity contribution in [1.82, 2.24) is 14.5 Å². The van der Waals surface area contributed by atoms with E-state index in [9.17, 15) is 26.8 Å². The van der Waals surface area contributed by atoms with Crippen LogP contribution in [0.3, 0.4) is 0 Å². The molecule has 1 atom stereocenters. The molecule has 0 saturated carbocycles. The summed E-state index contributed by atoms with van der Waals surface area (Å²) in [6.07, 6.45) is 1.23. The lowest BCUT2D eigenvalue weighted by atomic mass is 10.0. The molecule has 2 aliphatic heterocycles. The average Bonchev–Trinajstić information content (AvgIpc) is 2.82. The highest BCUT2D eigenvalue weighted by Gasteiger charge is 2.35. The number of aryl methyl sites for hydroxylation is 1. The Kier molecular flexibility index (Phi) is 5.87. The van der Waals surface area contributed by atoms with Crippen LogP contribution < -0.4 is 10.6 Å². The molecule has 1 amide bonds. The Morgan fingerprint density at radius 2 is 1.97 bits per heavy atom. The minimum absolute atomic E-state index is 0.0742. The van der Waals surface area contributed by atoms with E-state index in [1.807, 2.05) is 11.8 Å². The zero-order chi connectivity index (χ0) is 25.9. The number of anilines is 1. The van der Waals surface area contributed by atoms with E-state index in [0.29, 0.717) is 31.1 Å². The zero-order valence-corrected chi connectivity index (χ0v) is 20.7. The standard InChI is InChI=1S/C24H21ClF2N4O4S/c1-3-19(32)29-6-7-30(13(2)12-29)23-16-11-17(25)20(15-5-4-14(26)10-18(15)27)22-21(16)31(24(33)28-23)8-9-36(22,34)35/h3-5,10-11,13H,1,6-9,12H2,2H3/t13-/m0/s1. The minimum Gasteiger partial charge on any atom is -0.350 e. The molecule has 3 aromatic rings. The molecule has 0 spiro atoms. The first-order valence-corrected chi connectivity index (χ1v) is 13.2. The monoisotopic (exact) mass is 534 g/mol. The third kappa shape index (κ3) is 3.77. The molecule has 5 rings (SSSR count). The van der Waals surface area contributed by atoms with Crippen molar-refractivity contribution in [2.24, 2.45) is 0 Å². The van der Waals surface area contributed by atoms with Crippen LogP contribution in [0, 0.1) is 11.6 Å². The number of carbonyl (C=O) groups is 1. The van der Waals surface area contributed by atoms with Gasteiger partial charge in [-0.15, -0.1) is 0 Å². The Hall–Kier alpha value is -3.31. The van der Waals surface area contributed by atoms with Crippen LogP contribution in [-0.2, 0) is 21.2 Å². The summed E-state index contributed by atoms with van der Waals surface area (Å²) >= 11 is 6.59. The molecule has 1 fully saturated rings. The van der Waals surface area contributed by atoms with Gasteiger partial charge in [0.25, 0.3) is 0 Å². The average molecular weight is 535 g/mol. The van der Waals surface area contributed by atoms with Crippen molar-refractivity contribution >= 4 is 44.1 Å². The summed E-state index contributed by atoms with van der Waals surface area (Å²) in [5, 5.41) is 0.245. The largest absolute Gasteiger partial charge is 0.350 e. The van der Waals surface area contributed by atoms with Gasteiger partial charge < -0.3 is 9.80 Å². The molecule has 188 valence electrons. The maximum absolute atomic E-state index is 14.8. The van der Waals surface area contributed by atoms with Crippen LogP contribution in [0.15, 0.2) is 46.6 Å². The van der Waals surface area contributed by atoms with Crippen molar-refractivity contribution in [2.45, 2.75) is 24.4 Å². The van der Waals surface area contributed by atoms with Crippen molar-refractivity contribution in [3.63, 3.8) is 0 Å². The Bertz CT molecular complexity index is 1620. The predicted molar refractivity (Wildman–Crippen MR) is 132 cm³/mol. The summed E-state index contributed by atoms with van der Waals surface area (Å²) in [6.45, 7) is 6.27. The van der Waals surface area contributed by atoms with E-state index in [0.717, 1.165) is 12.1 Å². The molecule has 0 radical (unpaired) electrons. The number of amides is 1. The van der Waals surface area contributed by atoms with Crippen molar-refractivity contribution in [3.8, 4) is 11.1 Å². The van der Waals surface area contributed by atoms with Crippen LogP contribution in [-0.4, -0.2) is 60.2 Å². The topological polar surface area (TPSA) is 92.6 Å². The van der Waals surface area contributed by atoms with Crippen LogP contribution in [0.25, 0.3) is 22.0 Å². The number of piperazine rings is 1. The molecule has 0 unspecified atom stereocenters. The number of nitrogens with zero attached hydrogens (tertiary/aromatic N) is 4. The van der Waals surface area contributed by atoms with Gasteiger partial charge in [-0.3, -0.25) is 9.36 Å². The van der Waals surface area contributed by atoms with Crippen molar-refractivity contribution < 1.29 is 22.0 Å². The number of sulfone groups is 1. The number of halogens is 3. The van der Waals surface area contributed by atoms with Gasteiger partial charge >= 0.3 is 5.69 Å². The van der Waals surface area contributed by atoms with Gasteiger partial charge in [-0.25, -0.2) is 22.0 Å². The van der Waals surface area contributed by atoms with Gasteiger partial charge in [-0.1, -0.05) is 18.2 Å². The van der Waals surface area contributed by atoms with Crippen LogP contribution in [0.1, 0.15) is 6.92 Å².